The number of imidazole rings is 1. The molecule has 30 heavy (non-hydrogen) atoms. The molecule has 8 nitrogen and oxygen atoms in total. The molecule has 5 rings (SSSR count). The monoisotopic (exact) mass is 412 g/mol. The zero-order valence-corrected chi connectivity index (χ0v) is 17.3. The van der Waals surface area contributed by atoms with Crippen molar-refractivity contribution < 1.29 is 14.6 Å². The van der Waals surface area contributed by atoms with Gasteiger partial charge in [-0.2, -0.15) is 0 Å². The van der Waals surface area contributed by atoms with Gasteiger partial charge in [0.05, 0.1) is 17.6 Å². The highest BCUT2D eigenvalue weighted by Gasteiger charge is 2.45. The second-order valence-electron chi connectivity index (χ2n) is 9.01. The number of aryl methyl sites for hydroxylation is 1. The molecule has 0 spiro atoms. The first-order chi connectivity index (χ1) is 14.5. The number of aliphatic hydroxyl groups excluding tert-OH is 1. The summed E-state index contributed by atoms with van der Waals surface area (Å²) in [7, 11) is 1.89. The maximum Gasteiger partial charge on any atom is 0.261 e. The fourth-order valence-electron chi connectivity index (χ4n) is 5.44. The number of aliphatic hydroxyl groups is 1. The van der Waals surface area contributed by atoms with Crippen LogP contribution in [0.4, 0.5) is 0 Å². The molecule has 2 atom stereocenters. The van der Waals surface area contributed by atoms with Crippen molar-refractivity contribution in [2.24, 2.45) is 18.4 Å². The van der Waals surface area contributed by atoms with Gasteiger partial charge < -0.3 is 23.9 Å². The van der Waals surface area contributed by atoms with Gasteiger partial charge in [-0.05, 0) is 37.3 Å². The molecule has 1 N–H and O–H groups in total. The third-order valence-corrected chi connectivity index (χ3v) is 7.16. The first kappa shape index (κ1) is 19.5. The fourth-order valence-corrected chi connectivity index (χ4v) is 5.44. The second-order valence-corrected chi connectivity index (χ2v) is 9.01. The van der Waals surface area contributed by atoms with E-state index in [9.17, 15) is 14.7 Å². The van der Waals surface area contributed by atoms with Gasteiger partial charge in [0.1, 0.15) is 5.82 Å². The lowest BCUT2D eigenvalue weighted by molar-refractivity contribution is -0.154. The van der Waals surface area contributed by atoms with Crippen molar-refractivity contribution in [2.45, 2.75) is 31.7 Å². The van der Waals surface area contributed by atoms with Crippen LogP contribution in [0.5, 0.6) is 0 Å². The van der Waals surface area contributed by atoms with Crippen LogP contribution in [-0.4, -0.2) is 62.9 Å². The number of aromatic nitrogens is 3. The van der Waals surface area contributed by atoms with Gasteiger partial charge in [-0.25, -0.2) is 4.98 Å². The lowest BCUT2D eigenvalue weighted by Crippen LogP contribution is -2.55. The standard InChI is InChI=1S/C22H28N4O4/c1-24-7-6-23-19(24)17-2-3-18-16-10-15(12-26(18)20(17)28)11-25(13-16)21(29)22(14-27)4-8-30-9-5-22/h2-3,6-7,15-16,27H,4-5,8-14H2,1H3/t15-,16+/m0/s1. The minimum atomic E-state index is -0.717. The first-order valence-electron chi connectivity index (χ1n) is 10.7. The minimum absolute atomic E-state index is 0.00691. The van der Waals surface area contributed by atoms with Crippen LogP contribution in [0.1, 0.15) is 30.9 Å². The predicted octanol–water partition coefficient (Wildman–Crippen LogP) is 0.984. The van der Waals surface area contributed by atoms with Crippen LogP contribution >= 0.6 is 0 Å². The maximum absolute atomic E-state index is 13.4. The minimum Gasteiger partial charge on any atom is -0.395 e. The molecule has 3 aliphatic rings. The summed E-state index contributed by atoms with van der Waals surface area (Å²) in [6.07, 6.45) is 5.66. The van der Waals surface area contributed by atoms with Gasteiger partial charge >= 0.3 is 0 Å². The van der Waals surface area contributed by atoms with Gasteiger partial charge in [0, 0.05) is 63.9 Å². The number of hydrogen-bond donors (Lipinski definition) is 1. The highest BCUT2D eigenvalue weighted by atomic mass is 16.5. The summed E-state index contributed by atoms with van der Waals surface area (Å²) < 4.78 is 9.17. The molecule has 2 saturated heterocycles. The van der Waals surface area contributed by atoms with Crippen LogP contribution in [0.2, 0.25) is 0 Å². The number of rotatable bonds is 3. The molecule has 2 aromatic heterocycles. The normalized spacial score (nSPS) is 25.1. The van der Waals surface area contributed by atoms with Crippen molar-refractivity contribution in [3.05, 3.63) is 40.6 Å². The van der Waals surface area contributed by atoms with Crippen LogP contribution < -0.4 is 5.56 Å². The Morgan fingerprint density at radius 2 is 2.07 bits per heavy atom. The second kappa shape index (κ2) is 7.35. The summed E-state index contributed by atoms with van der Waals surface area (Å²) in [6.45, 7) is 2.74. The van der Waals surface area contributed by atoms with E-state index in [1.165, 1.54) is 0 Å². The molecule has 160 valence electrons. The predicted molar refractivity (Wildman–Crippen MR) is 110 cm³/mol. The van der Waals surface area contributed by atoms with Crippen LogP contribution in [0.3, 0.4) is 0 Å². The van der Waals surface area contributed by atoms with Gasteiger partial charge in [-0.3, -0.25) is 9.59 Å². The van der Waals surface area contributed by atoms with Crippen molar-refractivity contribution in [2.75, 3.05) is 32.9 Å². The largest absolute Gasteiger partial charge is 0.395 e. The van der Waals surface area contributed by atoms with E-state index >= 15 is 0 Å². The first-order valence-corrected chi connectivity index (χ1v) is 10.7. The van der Waals surface area contributed by atoms with Gasteiger partial charge in [-0.1, -0.05) is 0 Å². The third kappa shape index (κ3) is 3.01. The van der Waals surface area contributed by atoms with Gasteiger partial charge in [0.2, 0.25) is 5.91 Å². The molecule has 2 aromatic rings. The van der Waals surface area contributed by atoms with Crippen LogP contribution in [0.25, 0.3) is 11.4 Å². The molecule has 0 saturated carbocycles. The molecule has 0 aromatic carbocycles. The number of fused-ring (bicyclic) bond motifs is 4. The lowest BCUT2D eigenvalue weighted by Gasteiger charge is -2.46. The Kier molecular flexibility index (Phi) is 4.78. The van der Waals surface area contributed by atoms with Crippen molar-refractivity contribution in [3.8, 4) is 11.4 Å². The van der Waals surface area contributed by atoms with Gasteiger partial charge in [0.25, 0.3) is 5.56 Å². The molecule has 0 aliphatic carbocycles. The number of carbonyl (C=O) groups is 1. The van der Waals surface area contributed by atoms with E-state index in [4.69, 9.17) is 4.74 Å². The lowest BCUT2D eigenvalue weighted by atomic mass is 9.77. The Balaban J connectivity index is 1.44. The molecule has 5 heterocycles. The zero-order valence-electron chi connectivity index (χ0n) is 17.3. The van der Waals surface area contributed by atoms with Crippen LogP contribution in [-0.2, 0) is 23.1 Å². The third-order valence-electron chi connectivity index (χ3n) is 7.16. The fraction of sp³-hybridized carbons (Fsp3) is 0.591. The Labute approximate surface area is 175 Å². The molecule has 0 unspecified atom stereocenters. The van der Waals surface area contributed by atoms with E-state index in [1.54, 1.807) is 6.20 Å². The topological polar surface area (TPSA) is 89.6 Å². The van der Waals surface area contributed by atoms with E-state index in [-0.39, 0.29) is 29.9 Å². The molecule has 3 aliphatic heterocycles. The van der Waals surface area contributed by atoms with E-state index in [2.05, 4.69) is 4.98 Å². The number of hydrogen-bond acceptors (Lipinski definition) is 5. The van der Waals surface area contributed by atoms with Gasteiger partial charge in [0.15, 0.2) is 0 Å². The highest BCUT2D eigenvalue weighted by Crippen LogP contribution is 2.39. The summed E-state index contributed by atoms with van der Waals surface area (Å²) in [6, 6.07) is 3.89. The van der Waals surface area contributed by atoms with Crippen molar-refractivity contribution in [3.63, 3.8) is 0 Å². The average Bonchev–Trinajstić information content (AvgIpc) is 3.20. The SMILES string of the molecule is Cn1ccnc1-c1ccc2n(c1=O)C[C@H]1C[C@@H]2CN(C(=O)C2(CO)CCOCC2)C1. The average molecular weight is 412 g/mol. The number of ether oxygens (including phenoxy) is 1. The number of carbonyl (C=O) groups excluding carboxylic acids is 1. The van der Waals surface area contributed by atoms with Crippen LogP contribution in [0, 0.1) is 11.3 Å². The van der Waals surface area contributed by atoms with E-state index < -0.39 is 5.41 Å². The Hall–Kier alpha value is -2.45. The van der Waals surface area contributed by atoms with Crippen molar-refractivity contribution >= 4 is 5.91 Å². The highest BCUT2D eigenvalue weighted by molar-refractivity contribution is 5.83. The number of nitrogens with zero attached hydrogens (tertiary/aromatic N) is 4. The van der Waals surface area contributed by atoms with E-state index in [0.29, 0.717) is 57.1 Å². The number of pyridine rings is 1. The summed E-state index contributed by atoms with van der Waals surface area (Å²) in [4.78, 5) is 32.9. The maximum atomic E-state index is 13.4. The smallest absolute Gasteiger partial charge is 0.261 e. The number of piperidine rings is 1. The molecular weight excluding hydrogens is 384 g/mol. The molecular formula is C22H28N4O4. The molecule has 2 fully saturated rings. The summed E-state index contributed by atoms with van der Waals surface area (Å²) in [5.41, 5.74) is 0.885. The summed E-state index contributed by atoms with van der Waals surface area (Å²) >= 11 is 0. The van der Waals surface area contributed by atoms with Crippen molar-refractivity contribution in [1.82, 2.24) is 19.0 Å². The Bertz CT molecular complexity index is 1020. The summed E-state index contributed by atoms with van der Waals surface area (Å²) in [5, 5.41) is 10.0. The zero-order chi connectivity index (χ0) is 20.9. The Morgan fingerprint density at radius 3 is 2.77 bits per heavy atom. The van der Waals surface area contributed by atoms with E-state index in [1.807, 2.05) is 39.4 Å². The Morgan fingerprint density at radius 1 is 1.27 bits per heavy atom. The van der Waals surface area contributed by atoms with Crippen molar-refractivity contribution in [1.29, 1.82) is 0 Å². The number of amides is 1. The van der Waals surface area contributed by atoms with E-state index in [0.717, 1.165) is 12.1 Å². The number of likely N-dealkylation sites (tertiary alicyclic amines) is 1. The molecule has 2 bridgehead atoms. The quantitative estimate of drug-likeness (QED) is 0.812. The molecule has 1 amide bonds. The van der Waals surface area contributed by atoms with Gasteiger partial charge in [-0.15, -0.1) is 0 Å². The summed E-state index contributed by atoms with van der Waals surface area (Å²) in [5.74, 6) is 1.10. The molecule has 8 heteroatoms. The van der Waals surface area contributed by atoms with Crippen LogP contribution in [0.15, 0.2) is 29.3 Å². The molecule has 0 radical (unpaired) electrons.